The van der Waals surface area contributed by atoms with Crippen LogP contribution in [0.15, 0.2) is 95.5 Å². The fourth-order valence-corrected chi connectivity index (χ4v) is 3.81. The lowest BCUT2D eigenvalue weighted by Crippen LogP contribution is -2.08. The summed E-state index contributed by atoms with van der Waals surface area (Å²) in [6.07, 6.45) is 0. The van der Waals surface area contributed by atoms with Gasteiger partial charge in [-0.3, -0.25) is 14.9 Å². The summed E-state index contributed by atoms with van der Waals surface area (Å²) in [5.41, 5.74) is 1.38. The van der Waals surface area contributed by atoms with Crippen molar-refractivity contribution in [3.63, 3.8) is 0 Å². The molecule has 152 valence electrons. The number of ketones is 1. The fraction of sp³-hybridized carbons (Fsp3) is 0. The van der Waals surface area contributed by atoms with Gasteiger partial charge < -0.3 is 5.11 Å². The number of rotatable bonds is 5. The highest BCUT2D eigenvalue weighted by molar-refractivity contribution is 9.10. The molecule has 0 bridgehead atoms. The molecule has 0 saturated carbocycles. The Bertz CT molecular complexity index is 1270. The molecule has 0 aromatic heterocycles. The molecule has 4 aromatic rings. The van der Waals surface area contributed by atoms with Crippen molar-refractivity contribution in [3.05, 3.63) is 117 Å². The predicted octanol–water partition coefficient (Wildman–Crippen LogP) is 6.63. The van der Waals surface area contributed by atoms with Crippen molar-refractivity contribution in [1.82, 2.24) is 0 Å². The molecule has 4 rings (SSSR count). The largest absolute Gasteiger partial charge is 0.507 e. The molecule has 0 aliphatic carbocycles. The molecule has 5 nitrogen and oxygen atoms in total. The van der Waals surface area contributed by atoms with Crippen LogP contribution in [0.1, 0.15) is 15.9 Å². The number of hydrogen-bond acceptors (Lipinski definition) is 4. The van der Waals surface area contributed by atoms with Crippen LogP contribution in [0.3, 0.4) is 0 Å². The summed E-state index contributed by atoms with van der Waals surface area (Å²) >= 11 is 3.33. The van der Waals surface area contributed by atoms with Crippen LogP contribution in [0.4, 0.5) is 5.69 Å². The Morgan fingerprint density at radius 1 is 0.839 bits per heavy atom. The monoisotopic (exact) mass is 473 g/mol. The Kier molecular flexibility index (Phi) is 5.64. The second kappa shape index (κ2) is 8.53. The number of benzene rings is 4. The number of phenolic OH excluding ortho intramolecular Hbond substituents is 1. The van der Waals surface area contributed by atoms with E-state index >= 15 is 0 Å². The fourth-order valence-electron chi connectivity index (χ4n) is 3.55. The summed E-state index contributed by atoms with van der Waals surface area (Å²) in [5.74, 6) is -0.803. The lowest BCUT2D eigenvalue weighted by molar-refractivity contribution is -0.383. The SMILES string of the molecule is O=C(c1ccc(Br)cc1)c1c(O)cc(-c2ccccc2)c([N+](=O)[O-])c1-c1ccccc1. The first-order chi connectivity index (χ1) is 15.0. The van der Waals surface area contributed by atoms with Gasteiger partial charge in [-0.1, -0.05) is 76.6 Å². The molecular weight excluding hydrogens is 458 g/mol. The van der Waals surface area contributed by atoms with Gasteiger partial charge in [-0.2, -0.15) is 0 Å². The average Bonchev–Trinajstić information content (AvgIpc) is 2.79. The van der Waals surface area contributed by atoms with Gasteiger partial charge in [0.1, 0.15) is 5.75 Å². The van der Waals surface area contributed by atoms with Gasteiger partial charge >= 0.3 is 0 Å². The lowest BCUT2D eigenvalue weighted by Gasteiger charge is -2.15. The zero-order valence-electron chi connectivity index (χ0n) is 16.2. The van der Waals surface area contributed by atoms with E-state index in [2.05, 4.69) is 15.9 Å². The summed E-state index contributed by atoms with van der Waals surface area (Å²) in [6, 6.07) is 25.4. The smallest absolute Gasteiger partial charge is 0.285 e. The number of nitro groups is 1. The van der Waals surface area contributed by atoms with E-state index in [1.807, 2.05) is 0 Å². The van der Waals surface area contributed by atoms with Crippen molar-refractivity contribution in [1.29, 1.82) is 0 Å². The van der Waals surface area contributed by atoms with E-state index in [0.29, 0.717) is 16.7 Å². The number of nitro benzene ring substituents is 1. The number of carbonyl (C=O) groups excluding carboxylic acids is 1. The molecule has 0 unspecified atom stereocenters. The van der Waals surface area contributed by atoms with Gasteiger partial charge in [0.25, 0.3) is 5.69 Å². The van der Waals surface area contributed by atoms with E-state index in [4.69, 9.17) is 0 Å². The van der Waals surface area contributed by atoms with E-state index in [-0.39, 0.29) is 28.1 Å². The van der Waals surface area contributed by atoms with Gasteiger partial charge in [0.05, 0.1) is 21.6 Å². The molecule has 0 radical (unpaired) electrons. The summed E-state index contributed by atoms with van der Waals surface area (Å²) in [6.45, 7) is 0. The van der Waals surface area contributed by atoms with Crippen molar-refractivity contribution in [2.45, 2.75) is 0 Å². The minimum Gasteiger partial charge on any atom is -0.507 e. The minimum absolute atomic E-state index is 0.0948. The summed E-state index contributed by atoms with van der Waals surface area (Å²) in [5, 5.41) is 23.2. The topological polar surface area (TPSA) is 80.4 Å². The average molecular weight is 474 g/mol. The number of hydrogen-bond donors (Lipinski definition) is 1. The van der Waals surface area contributed by atoms with E-state index in [1.54, 1.807) is 84.9 Å². The molecule has 0 spiro atoms. The Hall–Kier alpha value is -3.77. The summed E-state index contributed by atoms with van der Waals surface area (Å²) in [7, 11) is 0. The molecule has 0 saturated heterocycles. The molecule has 0 amide bonds. The minimum atomic E-state index is -0.498. The molecule has 31 heavy (non-hydrogen) atoms. The Balaban J connectivity index is 2.08. The van der Waals surface area contributed by atoms with Gasteiger partial charge in [-0.05, 0) is 41.5 Å². The maximum absolute atomic E-state index is 13.4. The molecule has 4 aromatic carbocycles. The molecular formula is C25H16BrNO4. The van der Waals surface area contributed by atoms with Crippen LogP contribution in [0, 0.1) is 10.1 Å². The normalized spacial score (nSPS) is 10.6. The number of halogens is 1. The van der Waals surface area contributed by atoms with E-state index in [0.717, 1.165) is 4.47 Å². The Morgan fingerprint density at radius 3 is 1.94 bits per heavy atom. The van der Waals surface area contributed by atoms with Crippen LogP contribution in [-0.4, -0.2) is 15.8 Å². The van der Waals surface area contributed by atoms with Gasteiger partial charge in [0, 0.05) is 10.0 Å². The van der Waals surface area contributed by atoms with Gasteiger partial charge in [-0.25, -0.2) is 0 Å². The van der Waals surface area contributed by atoms with Gasteiger partial charge in [-0.15, -0.1) is 0 Å². The maximum Gasteiger partial charge on any atom is 0.285 e. The van der Waals surface area contributed by atoms with Gasteiger partial charge in [0.2, 0.25) is 0 Å². The number of aromatic hydroxyl groups is 1. The predicted molar refractivity (Wildman–Crippen MR) is 123 cm³/mol. The first kappa shape index (κ1) is 20.5. The second-order valence-corrected chi connectivity index (χ2v) is 7.78. The van der Waals surface area contributed by atoms with Gasteiger partial charge in [0.15, 0.2) is 5.78 Å². The van der Waals surface area contributed by atoms with E-state index in [9.17, 15) is 20.0 Å². The Morgan fingerprint density at radius 2 is 1.39 bits per heavy atom. The van der Waals surface area contributed by atoms with Crippen LogP contribution in [0.2, 0.25) is 0 Å². The highest BCUT2D eigenvalue weighted by atomic mass is 79.9. The zero-order chi connectivity index (χ0) is 22.0. The molecule has 6 heteroatoms. The van der Waals surface area contributed by atoms with Crippen molar-refractivity contribution >= 4 is 27.4 Å². The van der Waals surface area contributed by atoms with Crippen LogP contribution in [0.25, 0.3) is 22.3 Å². The number of phenols is 1. The summed E-state index contributed by atoms with van der Waals surface area (Å²) in [4.78, 5) is 25.2. The zero-order valence-corrected chi connectivity index (χ0v) is 17.7. The van der Waals surface area contributed by atoms with Crippen molar-refractivity contribution in [3.8, 4) is 28.0 Å². The van der Waals surface area contributed by atoms with Crippen LogP contribution < -0.4 is 0 Å². The van der Waals surface area contributed by atoms with Crippen LogP contribution in [-0.2, 0) is 0 Å². The highest BCUT2D eigenvalue weighted by Crippen LogP contribution is 2.45. The Labute approximate surface area is 186 Å². The first-order valence-electron chi connectivity index (χ1n) is 9.43. The molecule has 0 heterocycles. The molecule has 1 N–H and O–H groups in total. The third kappa shape index (κ3) is 3.98. The maximum atomic E-state index is 13.4. The van der Waals surface area contributed by atoms with Crippen molar-refractivity contribution in [2.75, 3.05) is 0 Å². The van der Waals surface area contributed by atoms with Crippen molar-refractivity contribution < 1.29 is 14.8 Å². The lowest BCUT2D eigenvalue weighted by atomic mass is 9.88. The molecule has 0 atom stereocenters. The molecule has 0 fully saturated rings. The molecule has 0 aliphatic heterocycles. The van der Waals surface area contributed by atoms with E-state index < -0.39 is 10.7 Å². The first-order valence-corrected chi connectivity index (χ1v) is 10.2. The third-order valence-electron chi connectivity index (χ3n) is 4.94. The summed E-state index contributed by atoms with van der Waals surface area (Å²) < 4.78 is 0.793. The number of carbonyl (C=O) groups is 1. The third-order valence-corrected chi connectivity index (χ3v) is 5.47. The van der Waals surface area contributed by atoms with Crippen LogP contribution in [0.5, 0.6) is 5.75 Å². The van der Waals surface area contributed by atoms with E-state index in [1.165, 1.54) is 6.07 Å². The van der Waals surface area contributed by atoms with Crippen LogP contribution >= 0.6 is 15.9 Å². The molecule has 0 aliphatic rings. The van der Waals surface area contributed by atoms with Crippen molar-refractivity contribution in [2.24, 2.45) is 0 Å². The highest BCUT2D eigenvalue weighted by Gasteiger charge is 2.31. The standard InChI is InChI=1S/C25H16BrNO4/c26-19-13-11-18(12-14-19)25(29)23-21(28)15-20(16-7-3-1-4-8-16)24(27(30)31)22(23)17-9-5-2-6-10-17/h1-15,28H. The quantitative estimate of drug-likeness (QED) is 0.200. The number of nitrogens with zero attached hydrogens (tertiary/aromatic N) is 1. The second-order valence-electron chi connectivity index (χ2n) is 6.87.